The lowest BCUT2D eigenvalue weighted by molar-refractivity contribution is -0.0324. The zero-order valence-corrected chi connectivity index (χ0v) is 42.7. The summed E-state index contributed by atoms with van der Waals surface area (Å²) in [7, 11) is -5.82. The highest BCUT2D eigenvalue weighted by Gasteiger charge is 2.34. The molecule has 2 fully saturated rings. The summed E-state index contributed by atoms with van der Waals surface area (Å²) in [6.07, 6.45) is 5.17. The predicted molar refractivity (Wildman–Crippen MR) is 270 cm³/mol. The molecule has 4 aromatic carbocycles. The summed E-state index contributed by atoms with van der Waals surface area (Å²) in [6.45, 7) is 16.6. The van der Waals surface area contributed by atoms with Gasteiger partial charge in [0, 0.05) is 90.2 Å². The molecule has 3 aliphatic rings. The van der Waals surface area contributed by atoms with Crippen molar-refractivity contribution < 1.29 is 36.6 Å². The Morgan fingerprint density at radius 1 is 0.957 bits per heavy atom. The molecule has 0 spiro atoms. The lowest BCUT2D eigenvalue weighted by atomic mass is 9.72. The Balaban J connectivity index is 1.03. The monoisotopic (exact) mass is 996 g/mol. The largest absolute Gasteiger partial charge is 0.489 e. The number of alkyl halides is 1. The van der Waals surface area contributed by atoms with Gasteiger partial charge in [0.1, 0.15) is 42.3 Å². The summed E-state index contributed by atoms with van der Waals surface area (Å²) in [6, 6.07) is 25.5. The van der Waals surface area contributed by atoms with Crippen LogP contribution in [-0.2, 0) is 26.2 Å². The second kappa shape index (κ2) is 21.0. The number of ether oxygens (including phenoxy) is 4. The van der Waals surface area contributed by atoms with Crippen molar-refractivity contribution in [2.45, 2.75) is 88.9 Å². The van der Waals surface area contributed by atoms with Gasteiger partial charge in [0.05, 0.1) is 33.1 Å². The summed E-state index contributed by atoms with van der Waals surface area (Å²) in [5.41, 5.74) is 4.13. The van der Waals surface area contributed by atoms with E-state index >= 15 is 4.39 Å². The van der Waals surface area contributed by atoms with Crippen LogP contribution in [0.3, 0.4) is 0 Å². The van der Waals surface area contributed by atoms with E-state index in [0.717, 1.165) is 80.3 Å². The van der Waals surface area contributed by atoms with E-state index in [-0.39, 0.29) is 72.3 Å². The number of nitrogens with one attached hydrogen (secondary N) is 1. The summed E-state index contributed by atoms with van der Waals surface area (Å²) in [5, 5.41) is 15.9. The van der Waals surface area contributed by atoms with E-state index < -0.39 is 29.7 Å². The fourth-order valence-corrected chi connectivity index (χ4v) is 10.9. The zero-order chi connectivity index (χ0) is 49.0. The minimum atomic E-state index is -4.53. The standard InChI is InChI=1S/C52H62ClFN6O7SSi/c1-51(2)18-17-38(44(31-51)37-9-11-40(53)12-10-37)34-58-21-23-59(24-22-58)41-13-15-43(49(30-41)67-48-8-6-7-46-45(48)33-56-60(46)36-65-27-28-69(3,4)5)50(61)57-68(62,63)42-14-16-47(39(29-42)32-55)66-35-52(54)19-25-64-26-20-52/h6-16,29-30,33H,17-28,31,34-36H2,1-5H3,(H,57,61). The van der Waals surface area contributed by atoms with Crippen molar-refractivity contribution in [3.05, 3.63) is 112 Å². The number of piperazine rings is 1. The minimum Gasteiger partial charge on any atom is -0.489 e. The normalized spacial score (nSPS) is 17.7. The topological polar surface area (TPSA) is 148 Å². The first-order valence-electron chi connectivity index (χ1n) is 23.7. The highest BCUT2D eigenvalue weighted by atomic mass is 35.5. The Bertz CT molecular complexity index is 2850. The third kappa shape index (κ3) is 12.6. The Hall–Kier alpha value is -5.28. The van der Waals surface area contributed by atoms with E-state index in [4.69, 9.17) is 30.5 Å². The van der Waals surface area contributed by atoms with Crippen LogP contribution in [0.25, 0.3) is 16.5 Å². The molecule has 2 aliphatic heterocycles. The Labute approximate surface area is 411 Å². The highest BCUT2D eigenvalue weighted by Crippen LogP contribution is 2.44. The second-order valence-corrected chi connectivity index (χ2v) is 28.2. The molecule has 366 valence electrons. The lowest BCUT2D eigenvalue weighted by Gasteiger charge is -2.39. The zero-order valence-electron chi connectivity index (χ0n) is 40.2. The number of allylic oxidation sites excluding steroid dienone is 1. The summed E-state index contributed by atoms with van der Waals surface area (Å²) < 4.78 is 70.5. The average molecular weight is 998 g/mol. The smallest absolute Gasteiger partial charge is 0.268 e. The number of carbonyl (C=O) groups excluding carboxylic acids is 1. The molecule has 69 heavy (non-hydrogen) atoms. The van der Waals surface area contributed by atoms with Crippen LogP contribution < -0.4 is 19.1 Å². The van der Waals surface area contributed by atoms with Crippen molar-refractivity contribution in [1.82, 2.24) is 19.4 Å². The molecule has 1 amide bonds. The van der Waals surface area contributed by atoms with E-state index in [0.29, 0.717) is 17.7 Å². The van der Waals surface area contributed by atoms with Gasteiger partial charge in [-0.3, -0.25) is 9.69 Å². The van der Waals surface area contributed by atoms with E-state index in [1.54, 1.807) is 35.1 Å². The molecular weight excluding hydrogens is 935 g/mol. The fourth-order valence-electron chi connectivity index (χ4n) is 9.01. The first-order valence-corrected chi connectivity index (χ1v) is 29.2. The number of benzene rings is 4. The van der Waals surface area contributed by atoms with E-state index in [9.17, 15) is 18.5 Å². The van der Waals surface area contributed by atoms with Gasteiger partial charge in [-0.1, -0.05) is 68.9 Å². The van der Waals surface area contributed by atoms with E-state index in [1.165, 1.54) is 28.8 Å². The number of rotatable bonds is 17. The van der Waals surface area contributed by atoms with Gasteiger partial charge in [0.15, 0.2) is 0 Å². The molecular formula is C52H62ClFN6O7SSi. The molecule has 1 N–H and O–H groups in total. The molecule has 0 unspecified atom stereocenters. The van der Waals surface area contributed by atoms with Crippen LogP contribution in [0.4, 0.5) is 10.1 Å². The molecule has 8 rings (SSSR count). The van der Waals surface area contributed by atoms with Gasteiger partial charge in [-0.2, -0.15) is 10.4 Å². The number of carbonyl (C=O) groups is 1. The Morgan fingerprint density at radius 2 is 1.71 bits per heavy atom. The molecule has 1 aromatic heterocycles. The highest BCUT2D eigenvalue weighted by molar-refractivity contribution is 7.90. The van der Waals surface area contributed by atoms with Gasteiger partial charge in [-0.15, -0.1) is 0 Å². The van der Waals surface area contributed by atoms with Crippen molar-refractivity contribution in [3.63, 3.8) is 0 Å². The molecule has 1 aliphatic carbocycles. The molecule has 0 saturated carbocycles. The number of hydrogen-bond donors (Lipinski definition) is 1. The Kier molecular flexibility index (Phi) is 15.2. The van der Waals surface area contributed by atoms with Crippen molar-refractivity contribution in [2.75, 3.05) is 64.1 Å². The number of aromatic nitrogens is 2. The number of amides is 1. The van der Waals surface area contributed by atoms with Crippen LogP contribution in [0.2, 0.25) is 30.7 Å². The van der Waals surface area contributed by atoms with Gasteiger partial charge in [-0.05, 0) is 96.5 Å². The molecule has 13 nitrogen and oxygen atoms in total. The average Bonchev–Trinajstić information content (AvgIpc) is 3.74. The summed E-state index contributed by atoms with van der Waals surface area (Å²) >= 11 is 6.27. The SMILES string of the molecule is CC1(C)CCC(CN2CCN(c3ccc(C(=O)NS(=O)(=O)c4ccc(OCC5(F)CCOCC5)c(C#N)c4)c(Oc4cccc5c4cnn5COCC[Si](C)(C)C)c3)CC2)=C(c2ccc(Cl)cc2)C1. The number of nitriles is 1. The Morgan fingerprint density at radius 3 is 2.43 bits per heavy atom. The maximum atomic E-state index is 15.3. The number of halogens is 2. The maximum absolute atomic E-state index is 15.3. The molecule has 0 bridgehead atoms. The number of sulfonamides is 1. The number of hydrogen-bond acceptors (Lipinski definition) is 11. The molecule has 3 heterocycles. The van der Waals surface area contributed by atoms with Crippen molar-refractivity contribution in [2.24, 2.45) is 5.41 Å². The van der Waals surface area contributed by atoms with Gasteiger partial charge < -0.3 is 23.8 Å². The predicted octanol–water partition coefficient (Wildman–Crippen LogP) is 10.5. The third-order valence-corrected chi connectivity index (χ3v) is 16.6. The van der Waals surface area contributed by atoms with Crippen LogP contribution in [-0.4, -0.2) is 102 Å². The summed E-state index contributed by atoms with van der Waals surface area (Å²) in [5.74, 6) is -0.332. The van der Waals surface area contributed by atoms with Crippen LogP contribution in [0, 0.1) is 16.7 Å². The molecule has 17 heteroatoms. The van der Waals surface area contributed by atoms with E-state index in [1.807, 2.05) is 30.3 Å². The quantitative estimate of drug-likeness (QED) is 0.0701. The minimum absolute atomic E-state index is 0.0212. The van der Waals surface area contributed by atoms with Crippen LogP contribution >= 0.6 is 11.6 Å². The number of nitrogens with zero attached hydrogens (tertiary/aromatic N) is 5. The van der Waals surface area contributed by atoms with Crippen molar-refractivity contribution in [3.8, 4) is 23.3 Å². The first kappa shape index (κ1) is 50.1. The van der Waals surface area contributed by atoms with Crippen LogP contribution in [0.1, 0.15) is 67.4 Å². The first-order chi connectivity index (χ1) is 32.9. The van der Waals surface area contributed by atoms with Gasteiger partial charge in [-0.25, -0.2) is 22.2 Å². The second-order valence-electron chi connectivity index (χ2n) is 20.4. The molecule has 0 radical (unpaired) electrons. The van der Waals surface area contributed by atoms with Gasteiger partial charge >= 0.3 is 0 Å². The fraction of sp³-hybridized carbons (Fsp3) is 0.442. The van der Waals surface area contributed by atoms with E-state index in [2.05, 4.69) is 65.2 Å². The van der Waals surface area contributed by atoms with Crippen LogP contribution in [0.5, 0.6) is 17.2 Å². The number of fused-ring (bicyclic) bond motifs is 1. The van der Waals surface area contributed by atoms with Crippen molar-refractivity contribution >= 4 is 57.8 Å². The third-order valence-electron chi connectivity index (χ3n) is 13.3. The molecule has 0 atom stereocenters. The maximum Gasteiger partial charge on any atom is 0.268 e. The van der Waals surface area contributed by atoms with Gasteiger partial charge in [0.2, 0.25) is 0 Å². The van der Waals surface area contributed by atoms with Crippen molar-refractivity contribution in [1.29, 1.82) is 5.26 Å². The van der Waals surface area contributed by atoms with Gasteiger partial charge in [0.25, 0.3) is 15.9 Å². The summed E-state index contributed by atoms with van der Waals surface area (Å²) in [4.78, 5) is 18.6. The molecule has 5 aromatic rings. The van der Waals surface area contributed by atoms with Crippen LogP contribution in [0.15, 0.2) is 95.5 Å². The molecule has 2 saturated heterocycles. The number of anilines is 1. The lowest BCUT2D eigenvalue weighted by Crippen LogP contribution is -2.47.